The van der Waals surface area contributed by atoms with Crippen LogP contribution >= 0.6 is 0 Å². The van der Waals surface area contributed by atoms with Gasteiger partial charge >= 0.3 is 0 Å². The van der Waals surface area contributed by atoms with Crippen LogP contribution in [0, 0.1) is 5.92 Å². The van der Waals surface area contributed by atoms with Gasteiger partial charge < -0.3 is 10.1 Å². The highest BCUT2D eigenvalue weighted by molar-refractivity contribution is 4.81. The monoisotopic (exact) mass is 273 g/mol. The number of rotatable bonds is 3. The average molecular weight is 274 g/mol. The van der Waals surface area contributed by atoms with Gasteiger partial charge in [0.2, 0.25) is 0 Å². The third kappa shape index (κ3) is 12.7. The Kier molecular flexibility index (Phi) is 17.8. The average Bonchev–Trinajstić information content (AvgIpc) is 3.08. The maximum Gasteiger partial charge on any atom is 0.0580 e. The summed E-state index contributed by atoms with van der Waals surface area (Å²) in [5, 5.41) is 3.12. The summed E-state index contributed by atoms with van der Waals surface area (Å²) in [5.41, 5.74) is 0. The van der Waals surface area contributed by atoms with Crippen molar-refractivity contribution < 1.29 is 4.74 Å². The largest absolute Gasteiger partial charge is 0.375 e. The summed E-state index contributed by atoms with van der Waals surface area (Å²) in [4.78, 5) is 0. The van der Waals surface area contributed by atoms with Crippen LogP contribution < -0.4 is 5.32 Å². The molecule has 2 rings (SSSR count). The van der Waals surface area contributed by atoms with Crippen molar-refractivity contribution in [3.63, 3.8) is 0 Å². The van der Waals surface area contributed by atoms with Crippen LogP contribution in [0.15, 0.2) is 0 Å². The third-order valence-electron chi connectivity index (χ3n) is 3.26. The van der Waals surface area contributed by atoms with Gasteiger partial charge in [-0.05, 0) is 45.2 Å². The molecular formula is C17H39NO. The molecule has 2 fully saturated rings. The standard InChI is InChI=1S/C6H15N.C6H10O.C3H8.C2H6/c1-4-6(2)5-7-3;1-2-6-4-3-5(1)7-6;1-3-2;1-2/h6-7H,4-5H2,1-3H3;5-6H,1-4H2;3H2,1-2H3;1-2H3. The first-order valence-corrected chi connectivity index (χ1v) is 8.47. The number of nitrogens with one attached hydrogen (secondary N) is 1. The van der Waals surface area contributed by atoms with Gasteiger partial charge in [-0.3, -0.25) is 0 Å². The van der Waals surface area contributed by atoms with Crippen LogP contribution in [-0.4, -0.2) is 25.8 Å². The molecule has 118 valence electrons. The summed E-state index contributed by atoms with van der Waals surface area (Å²) < 4.78 is 5.47. The number of ether oxygens (including phenoxy) is 1. The minimum Gasteiger partial charge on any atom is -0.375 e. The van der Waals surface area contributed by atoms with Crippen LogP contribution in [0.2, 0.25) is 0 Å². The van der Waals surface area contributed by atoms with Gasteiger partial charge in [-0.25, -0.2) is 0 Å². The Bertz CT molecular complexity index is 143. The first-order chi connectivity index (χ1) is 9.17. The van der Waals surface area contributed by atoms with Gasteiger partial charge in [0.25, 0.3) is 0 Å². The van der Waals surface area contributed by atoms with Gasteiger partial charge in [-0.1, -0.05) is 54.4 Å². The predicted molar refractivity (Wildman–Crippen MR) is 87.8 cm³/mol. The lowest BCUT2D eigenvalue weighted by Gasteiger charge is -2.04. The molecular weight excluding hydrogens is 234 g/mol. The van der Waals surface area contributed by atoms with Crippen molar-refractivity contribution in [2.24, 2.45) is 5.92 Å². The lowest BCUT2D eigenvalue weighted by atomic mass is 10.0. The number of hydrogen-bond donors (Lipinski definition) is 1. The molecule has 2 nitrogen and oxygen atoms in total. The van der Waals surface area contributed by atoms with Crippen LogP contribution in [0.5, 0.6) is 0 Å². The number of fused-ring (bicyclic) bond motifs is 2. The third-order valence-corrected chi connectivity index (χ3v) is 3.26. The molecule has 0 aromatic rings. The molecule has 2 aliphatic heterocycles. The Balaban J connectivity index is 0. The molecule has 2 heteroatoms. The molecule has 0 aliphatic carbocycles. The van der Waals surface area contributed by atoms with Gasteiger partial charge in [-0.15, -0.1) is 0 Å². The first-order valence-electron chi connectivity index (χ1n) is 8.47. The lowest BCUT2D eigenvalue weighted by molar-refractivity contribution is 0.105. The van der Waals surface area contributed by atoms with Gasteiger partial charge in [0, 0.05) is 0 Å². The van der Waals surface area contributed by atoms with E-state index in [9.17, 15) is 0 Å². The fraction of sp³-hybridized carbons (Fsp3) is 1.00. The zero-order valence-electron chi connectivity index (χ0n) is 14.6. The molecule has 0 aromatic carbocycles. The van der Waals surface area contributed by atoms with E-state index >= 15 is 0 Å². The van der Waals surface area contributed by atoms with Crippen LogP contribution in [0.3, 0.4) is 0 Å². The summed E-state index contributed by atoms with van der Waals surface area (Å²) >= 11 is 0. The fourth-order valence-corrected chi connectivity index (χ4v) is 2.07. The van der Waals surface area contributed by atoms with Crippen LogP contribution in [0.1, 0.15) is 80.1 Å². The van der Waals surface area contributed by atoms with Crippen molar-refractivity contribution in [1.29, 1.82) is 0 Å². The van der Waals surface area contributed by atoms with Gasteiger partial charge in [0.15, 0.2) is 0 Å². The molecule has 19 heavy (non-hydrogen) atoms. The molecule has 0 spiro atoms. The quantitative estimate of drug-likeness (QED) is 0.779. The fourth-order valence-electron chi connectivity index (χ4n) is 2.07. The van der Waals surface area contributed by atoms with E-state index in [1.54, 1.807) is 0 Å². The van der Waals surface area contributed by atoms with Crippen molar-refractivity contribution in [3.05, 3.63) is 0 Å². The summed E-state index contributed by atoms with van der Waals surface area (Å²) in [7, 11) is 1.99. The zero-order chi connectivity index (χ0) is 15.1. The second-order valence-corrected chi connectivity index (χ2v) is 5.31. The Labute approximate surface area is 122 Å². The topological polar surface area (TPSA) is 21.3 Å². The second kappa shape index (κ2) is 16.0. The van der Waals surface area contributed by atoms with E-state index in [4.69, 9.17) is 4.74 Å². The molecule has 1 N–H and O–H groups in total. The summed E-state index contributed by atoms with van der Waals surface area (Å²) in [6.45, 7) is 13.9. The number of hydrogen-bond acceptors (Lipinski definition) is 2. The summed E-state index contributed by atoms with van der Waals surface area (Å²) in [6, 6.07) is 0. The van der Waals surface area contributed by atoms with Crippen molar-refractivity contribution in [1.82, 2.24) is 5.32 Å². The molecule has 1 atom stereocenters. The van der Waals surface area contributed by atoms with E-state index in [0.717, 1.165) is 12.5 Å². The minimum atomic E-state index is 0.671. The molecule has 0 saturated carbocycles. The molecule has 2 heterocycles. The Morgan fingerprint density at radius 3 is 1.47 bits per heavy atom. The highest BCUT2D eigenvalue weighted by Gasteiger charge is 2.31. The van der Waals surface area contributed by atoms with Gasteiger partial charge in [0.05, 0.1) is 12.2 Å². The van der Waals surface area contributed by atoms with E-state index in [0.29, 0.717) is 12.2 Å². The smallest absolute Gasteiger partial charge is 0.0580 e. The summed E-state index contributed by atoms with van der Waals surface area (Å²) in [5.74, 6) is 0.838. The molecule has 0 radical (unpaired) electrons. The van der Waals surface area contributed by atoms with Crippen LogP contribution in [-0.2, 0) is 4.74 Å². The highest BCUT2D eigenvalue weighted by Crippen LogP contribution is 2.33. The van der Waals surface area contributed by atoms with E-state index in [1.165, 1.54) is 38.5 Å². The minimum absolute atomic E-state index is 0.671. The van der Waals surface area contributed by atoms with E-state index in [2.05, 4.69) is 33.0 Å². The maximum absolute atomic E-state index is 5.47. The Morgan fingerprint density at radius 2 is 1.37 bits per heavy atom. The van der Waals surface area contributed by atoms with E-state index < -0.39 is 0 Å². The molecule has 2 aliphatic rings. The van der Waals surface area contributed by atoms with Crippen molar-refractivity contribution in [2.75, 3.05) is 13.6 Å². The zero-order valence-corrected chi connectivity index (χ0v) is 14.6. The van der Waals surface area contributed by atoms with E-state index in [-0.39, 0.29) is 0 Å². The molecule has 2 saturated heterocycles. The molecule has 1 unspecified atom stereocenters. The normalized spacial score (nSPS) is 24.2. The van der Waals surface area contributed by atoms with Gasteiger partial charge in [0.1, 0.15) is 0 Å². The van der Waals surface area contributed by atoms with Crippen LogP contribution in [0.25, 0.3) is 0 Å². The van der Waals surface area contributed by atoms with Crippen LogP contribution in [0.4, 0.5) is 0 Å². The first kappa shape index (κ1) is 21.2. The van der Waals surface area contributed by atoms with Gasteiger partial charge in [-0.2, -0.15) is 0 Å². The SMILES string of the molecule is C1CC2CCC1O2.CC.CCC.CCC(C)CNC. The Morgan fingerprint density at radius 1 is 1.00 bits per heavy atom. The maximum atomic E-state index is 5.47. The van der Waals surface area contributed by atoms with Crippen molar-refractivity contribution in [3.8, 4) is 0 Å². The molecule has 0 aromatic heterocycles. The second-order valence-electron chi connectivity index (χ2n) is 5.31. The van der Waals surface area contributed by atoms with Crippen molar-refractivity contribution in [2.45, 2.75) is 92.3 Å². The molecule has 2 bridgehead atoms. The predicted octanol–water partition coefficient (Wildman–Crippen LogP) is 5.02. The van der Waals surface area contributed by atoms with Crippen molar-refractivity contribution >= 4 is 0 Å². The highest BCUT2D eigenvalue weighted by atomic mass is 16.5. The summed E-state index contributed by atoms with van der Waals surface area (Å²) in [6.07, 6.45) is 9.22. The Hall–Kier alpha value is -0.0800. The lowest BCUT2D eigenvalue weighted by Crippen LogP contribution is -2.14. The van der Waals surface area contributed by atoms with E-state index in [1.807, 2.05) is 20.9 Å². The molecule has 0 amide bonds.